The van der Waals surface area contributed by atoms with Gasteiger partial charge in [0.15, 0.2) is 0 Å². The zero-order valence-electron chi connectivity index (χ0n) is 16.2. The normalized spacial score (nSPS) is 15.6. The molecule has 8 nitrogen and oxygen atoms in total. The summed E-state index contributed by atoms with van der Waals surface area (Å²) in [7, 11) is -3.54. The molecule has 0 saturated carbocycles. The number of benzene rings is 2. The third kappa shape index (κ3) is 5.63. The molecule has 0 bridgehead atoms. The number of carbonyl (C=O) groups is 2. The SMILES string of the molecule is Cc1ccc(S(=O)(=O)N2CCN(CC(=O)NC(=O)Nc3ccccc3)CC2)cc1. The highest BCUT2D eigenvalue weighted by Gasteiger charge is 2.29. The number of urea groups is 1. The Hall–Kier alpha value is -2.75. The first-order valence-electron chi connectivity index (χ1n) is 9.30. The van der Waals surface area contributed by atoms with Crippen molar-refractivity contribution in [2.24, 2.45) is 0 Å². The minimum atomic E-state index is -3.54. The Balaban J connectivity index is 1.47. The van der Waals surface area contributed by atoms with Gasteiger partial charge in [0, 0.05) is 31.9 Å². The second-order valence-corrected chi connectivity index (χ2v) is 8.80. The summed E-state index contributed by atoms with van der Waals surface area (Å²) in [5, 5.41) is 4.87. The second kappa shape index (κ2) is 9.17. The number of carbonyl (C=O) groups excluding carboxylic acids is 2. The molecule has 0 aliphatic carbocycles. The number of nitrogens with zero attached hydrogens (tertiary/aromatic N) is 2. The lowest BCUT2D eigenvalue weighted by Crippen LogP contribution is -2.51. The van der Waals surface area contributed by atoms with Crippen LogP contribution in [0.5, 0.6) is 0 Å². The molecule has 1 saturated heterocycles. The molecule has 0 aromatic heterocycles. The van der Waals surface area contributed by atoms with Crippen LogP contribution in [0.25, 0.3) is 0 Å². The number of rotatable bonds is 5. The van der Waals surface area contributed by atoms with Crippen molar-refractivity contribution in [3.05, 3.63) is 60.2 Å². The van der Waals surface area contributed by atoms with Crippen LogP contribution in [0.3, 0.4) is 0 Å². The van der Waals surface area contributed by atoms with Crippen molar-refractivity contribution < 1.29 is 18.0 Å². The van der Waals surface area contributed by atoms with Crippen molar-refractivity contribution in [1.82, 2.24) is 14.5 Å². The quantitative estimate of drug-likeness (QED) is 0.772. The van der Waals surface area contributed by atoms with E-state index < -0.39 is 22.0 Å². The minimum Gasteiger partial charge on any atom is -0.308 e. The zero-order valence-corrected chi connectivity index (χ0v) is 17.0. The molecule has 3 amide bonds. The Bertz CT molecular complexity index is 954. The first-order chi connectivity index (χ1) is 13.8. The summed E-state index contributed by atoms with van der Waals surface area (Å²) < 4.78 is 26.9. The first kappa shape index (κ1) is 21.0. The van der Waals surface area contributed by atoms with Crippen molar-refractivity contribution in [2.75, 3.05) is 38.0 Å². The van der Waals surface area contributed by atoms with Gasteiger partial charge in [-0.15, -0.1) is 0 Å². The van der Waals surface area contributed by atoms with Gasteiger partial charge in [-0.2, -0.15) is 4.31 Å². The van der Waals surface area contributed by atoms with Gasteiger partial charge in [0.2, 0.25) is 15.9 Å². The fraction of sp³-hybridized carbons (Fsp3) is 0.300. The number of hydrogen-bond acceptors (Lipinski definition) is 5. The number of para-hydroxylation sites is 1. The highest BCUT2D eigenvalue weighted by molar-refractivity contribution is 7.89. The van der Waals surface area contributed by atoms with Crippen LogP contribution in [0.4, 0.5) is 10.5 Å². The Morgan fingerprint density at radius 3 is 2.17 bits per heavy atom. The number of amides is 3. The van der Waals surface area contributed by atoms with Crippen LogP contribution in [0.1, 0.15) is 5.56 Å². The van der Waals surface area contributed by atoms with Crippen LogP contribution < -0.4 is 10.6 Å². The van der Waals surface area contributed by atoms with E-state index in [0.29, 0.717) is 31.9 Å². The van der Waals surface area contributed by atoms with Gasteiger partial charge in [-0.1, -0.05) is 35.9 Å². The average Bonchev–Trinajstić information content (AvgIpc) is 2.69. The predicted molar refractivity (Wildman–Crippen MR) is 110 cm³/mol. The number of imide groups is 1. The van der Waals surface area contributed by atoms with E-state index in [1.807, 2.05) is 17.9 Å². The van der Waals surface area contributed by atoms with E-state index in [9.17, 15) is 18.0 Å². The van der Waals surface area contributed by atoms with Crippen molar-refractivity contribution in [1.29, 1.82) is 0 Å². The molecule has 1 fully saturated rings. The Labute approximate surface area is 170 Å². The summed E-state index contributed by atoms with van der Waals surface area (Å²) in [5.41, 5.74) is 1.59. The fourth-order valence-electron chi connectivity index (χ4n) is 3.04. The van der Waals surface area contributed by atoms with E-state index in [4.69, 9.17) is 0 Å². The lowest BCUT2D eigenvalue weighted by atomic mass is 10.2. The molecule has 1 aliphatic heterocycles. The minimum absolute atomic E-state index is 0.0284. The summed E-state index contributed by atoms with van der Waals surface area (Å²) in [6.45, 7) is 3.35. The molecule has 154 valence electrons. The molecule has 2 N–H and O–H groups in total. The van der Waals surface area contributed by atoms with Crippen molar-refractivity contribution in [3.63, 3.8) is 0 Å². The zero-order chi connectivity index (χ0) is 20.9. The van der Waals surface area contributed by atoms with E-state index in [-0.39, 0.29) is 11.4 Å². The summed E-state index contributed by atoms with van der Waals surface area (Å²) in [4.78, 5) is 26.1. The lowest BCUT2D eigenvalue weighted by Gasteiger charge is -2.33. The maximum absolute atomic E-state index is 12.7. The largest absolute Gasteiger partial charge is 0.325 e. The number of aryl methyl sites for hydroxylation is 1. The molecule has 0 spiro atoms. The summed E-state index contributed by atoms with van der Waals surface area (Å²) in [6, 6.07) is 15.0. The number of piperazine rings is 1. The van der Waals surface area contributed by atoms with Crippen LogP contribution in [-0.2, 0) is 14.8 Å². The lowest BCUT2D eigenvalue weighted by molar-refractivity contribution is -0.121. The average molecular weight is 417 g/mol. The highest BCUT2D eigenvalue weighted by atomic mass is 32.2. The third-order valence-electron chi connectivity index (χ3n) is 4.64. The summed E-state index contributed by atoms with van der Waals surface area (Å²) >= 11 is 0. The van der Waals surface area contributed by atoms with Gasteiger partial charge in [-0.3, -0.25) is 15.0 Å². The Kier molecular flexibility index (Phi) is 6.63. The molecule has 1 aliphatic rings. The number of hydrogen-bond donors (Lipinski definition) is 2. The van der Waals surface area contributed by atoms with Gasteiger partial charge in [0.1, 0.15) is 0 Å². The van der Waals surface area contributed by atoms with E-state index in [0.717, 1.165) is 5.56 Å². The first-order valence-corrected chi connectivity index (χ1v) is 10.7. The van der Waals surface area contributed by atoms with Crippen LogP contribution in [0.15, 0.2) is 59.5 Å². The molecule has 3 rings (SSSR count). The number of nitrogens with one attached hydrogen (secondary N) is 2. The molecular formula is C20H24N4O4S. The molecular weight excluding hydrogens is 392 g/mol. The fourth-order valence-corrected chi connectivity index (χ4v) is 4.46. The maximum atomic E-state index is 12.7. The number of anilines is 1. The van der Waals surface area contributed by atoms with E-state index in [1.54, 1.807) is 48.5 Å². The van der Waals surface area contributed by atoms with Gasteiger partial charge >= 0.3 is 6.03 Å². The van der Waals surface area contributed by atoms with Crippen molar-refractivity contribution in [3.8, 4) is 0 Å². The molecule has 29 heavy (non-hydrogen) atoms. The highest BCUT2D eigenvalue weighted by Crippen LogP contribution is 2.18. The maximum Gasteiger partial charge on any atom is 0.325 e. The molecule has 9 heteroatoms. The second-order valence-electron chi connectivity index (χ2n) is 6.86. The predicted octanol–water partition coefficient (Wildman–Crippen LogP) is 1.65. The number of sulfonamides is 1. The Morgan fingerprint density at radius 2 is 1.55 bits per heavy atom. The van der Waals surface area contributed by atoms with E-state index in [1.165, 1.54) is 4.31 Å². The molecule has 1 heterocycles. The topological polar surface area (TPSA) is 98.8 Å². The van der Waals surface area contributed by atoms with E-state index in [2.05, 4.69) is 10.6 Å². The van der Waals surface area contributed by atoms with Crippen LogP contribution >= 0.6 is 0 Å². The Morgan fingerprint density at radius 1 is 0.931 bits per heavy atom. The molecule has 0 radical (unpaired) electrons. The van der Waals surface area contributed by atoms with Crippen LogP contribution in [0, 0.1) is 6.92 Å². The molecule has 0 atom stereocenters. The molecule has 2 aromatic carbocycles. The standard InChI is InChI=1S/C20H24N4O4S/c1-16-7-9-18(10-8-16)29(27,28)24-13-11-23(12-14-24)15-19(25)22-20(26)21-17-5-3-2-4-6-17/h2-10H,11-15H2,1H3,(H2,21,22,25,26). The monoisotopic (exact) mass is 416 g/mol. The van der Waals surface area contributed by atoms with E-state index >= 15 is 0 Å². The van der Waals surface area contributed by atoms with Gasteiger partial charge in [0.05, 0.1) is 11.4 Å². The van der Waals surface area contributed by atoms with Gasteiger partial charge < -0.3 is 5.32 Å². The molecule has 2 aromatic rings. The summed E-state index contributed by atoms with van der Waals surface area (Å²) in [6.07, 6.45) is 0. The van der Waals surface area contributed by atoms with Crippen LogP contribution in [-0.4, -0.2) is 62.3 Å². The van der Waals surface area contributed by atoms with Crippen molar-refractivity contribution >= 4 is 27.6 Å². The summed E-state index contributed by atoms with van der Waals surface area (Å²) in [5.74, 6) is -0.437. The third-order valence-corrected chi connectivity index (χ3v) is 6.55. The molecule has 0 unspecified atom stereocenters. The van der Waals surface area contributed by atoms with Gasteiger partial charge in [-0.05, 0) is 31.2 Å². The van der Waals surface area contributed by atoms with Gasteiger partial charge in [0.25, 0.3) is 0 Å². The smallest absolute Gasteiger partial charge is 0.308 e. The van der Waals surface area contributed by atoms with Crippen molar-refractivity contribution in [2.45, 2.75) is 11.8 Å². The van der Waals surface area contributed by atoms with Crippen LogP contribution in [0.2, 0.25) is 0 Å². The van der Waals surface area contributed by atoms with Gasteiger partial charge in [-0.25, -0.2) is 13.2 Å².